The first kappa shape index (κ1) is 25.0. The normalized spacial score (nSPS) is 18.0. The van der Waals surface area contributed by atoms with Crippen LogP contribution in [0.1, 0.15) is 38.9 Å². The number of halogens is 2. The highest BCUT2D eigenvalue weighted by atomic mass is 127. The van der Waals surface area contributed by atoms with E-state index in [-0.39, 0.29) is 47.9 Å². The van der Waals surface area contributed by atoms with Gasteiger partial charge in [-0.3, -0.25) is 9.79 Å². The van der Waals surface area contributed by atoms with E-state index in [0.29, 0.717) is 18.1 Å². The number of benzene rings is 1. The lowest BCUT2D eigenvalue weighted by molar-refractivity contribution is -0.133. The number of aliphatic imine (C=N–C) groups is 1. The van der Waals surface area contributed by atoms with E-state index in [1.54, 1.807) is 7.11 Å². The molecule has 2 unspecified atom stereocenters. The molecule has 1 saturated heterocycles. The molecule has 1 amide bonds. The van der Waals surface area contributed by atoms with E-state index in [4.69, 9.17) is 16.3 Å². The Balaban J connectivity index is 0.00000392. The fourth-order valence-electron chi connectivity index (χ4n) is 3.15. The maximum absolute atomic E-state index is 12.2. The van der Waals surface area contributed by atoms with Crippen molar-refractivity contribution in [1.82, 2.24) is 15.5 Å². The molecule has 0 spiro atoms. The molecular weight excluding hydrogens is 491 g/mol. The lowest BCUT2D eigenvalue weighted by atomic mass is 10.1. The molecular formula is C20H32ClIN4O2. The Labute approximate surface area is 190 Å². The number of rotatable bonds is 7. The Morgan fingerprint density at radius 1 is 1.43 bits per heavy atom. The van der Waals surface area contributed by atoms with Crippen LogP contribution in [0.2, 0.25) is 5.02 Å². The van der Waals surface area contributed by atoms with Gasteiger partial charge in [-0.1, -0.05) is 37.6 Å². The minimum Gasteiger partial charge on any atom is -0.375 e. The summed E-state index contributed by atoms with van der Waals surface area (Å²) in [5.74, 6) is 0.984. The van der Waals surface area contributed by atoms with E-state index in [2.05, 4.69) is 15.6 Å². The molecule has 1 fully saturated rings. The summed E-state index contributed by atoms with van der Waals surface area (Å²) in [4.78, 5) is 18.8. The highest BCUT2D eigenvalue weighted by molar-refractivity contribution is 14.0. The Morgan fingerprint density at radius 3 is 2.79 bits per heavy atom. The summed E-state index contributed by atoms with van der Waals surface area (Å²) < 4.78 is 5.59. The van der Waals surface area contributed by atoms with Gasteiger partial charge >= 0.3 is 0 Å². The van der Waals surface area contributed by atoms with Gasteiger partial charge in [-0.15, -0.1) is 24.0 Å². The molecule has 1 aromatic rings. The Kier molecular flexibility index (Phi) is 11.1. The quantitative estimate of drug-likeness (QED) is 0.327. The zero-order valence-corrected chi connectivity index (χ0v) is 20.2. The SMILES string of the molecule is CCNC(=NCC(OC)c1cccc(Cl)c1)NC1CCN(C(=O)C(C)C)C1.I. The van der Waals surface area contributed by atoms with Crippen molar-refractivity contribution < 1.29 is 9.53 Å². The number of nitrogens with zero attached hydrogens (tertiary/aromatic N) is 2. The predicted molar refractivity (Wildman–Crippen MR) is 126 cm³/mol. The van der Waals surface area contributed by atoms with Crippen LogP contribution in [0, 0.1) is 5.92 Å². The third kappa shape index (κ3) is 7.40. The number of hydrogen-bond acceptors (Lipinski definition) is 3. The molecule has 0 aromatic heterocycles. The molecule has 158 valence electrons. The average Bonchev–Trinajstić information content (AvgIpc) is 3.10. The second kappa shape index (κ2) is 12.5. The topological polar surface area (TPSA) is 66.0 Å². The Hall–Kier alpha value is -1.06. The Bertz CT molecular complexity index is 657. The lowest BCUT2D eigenvalue weighted by Gasteiger charge is -2.21. The molecule has 2 rings (SSSR count). The van der Waals surface area contributed by atoms with Crippen molar-refractivity contribution in [3.8, 4) is 0 Å². The van der Waals surface area contributed by atoms with E-state index in [9.17, 15) is 4.79 Å². The minimum atomic E-state index is -0.165. The maximum atomic E-state index is 12.2. The van der Waals surface area contributed by atoms with Gasteiger partial charge in [0.15, 0.2) is 5.96 Å². The molecule has 1 aliphatic rings. The van der Waals surface area contributed by atoms with Crippen LogP contribution in [0.5, 0.6) is 0 Å². The van der Waals surface area contributed by atoms with Gasteiger partial charge in [0.2, 0.25) is 5.91 Å². The van der Waals surface area contributed by atoms with Crippen LogP contribution in [0.3, 0.4) is 0 Å². The number of carbonyl (C=O) groups is 1. The van der Waals surface area contributed by atoms with Gasteiger partial charge in [0.05, 0.1) is 6.54 Å². The van der Waals surface area contributed by atoms with E-state index in [0.717, 1.165) is 31.0 Å². The molecule has 2 N–H and O–H groups in total. The molecule has 1 aromatic carbocycles. The van der Waals surface area contributed by atoms with Gasteiger partial charge < -0.3 is 20.3 Å². The first-order chi connectivity index (χ1) is 12.9. The average molecular weight is 523 g/mol. The fraction of sp³-hybridized carbons (Fsp3) is 0.600. The van der Waals surface area contributed by atoms with Crippen molar-refractivity contribution in [2.24, 2.45) is 10.9 Å². The maximum Gasteiger partial charge on any atom is 0.225 e. The number of carbonyl (C=O) groups excluding carboxylic acids is 1. The number of methoxy groups -OCH3 is 1. The van der Waals surface area contributed by atoms with Crippen LogP contribution in [-0.2, 0) is 9.53 Å². The van der Waals surface area contributed by atoms with Crippen LogP contribution in [0.15, 0.2) is 29.3 Å². The first-order valence-electron chi connectivity index (χ1n) is 9.56. The third-order valence-electron chi connectivity index (χ3n) is 4.60. The molecule has 2 atom stereocenters. The van der Waals surface area contributed by atoms with Gasteiger partial charge in [0.1, 0.15) is 6.10 Å². The number of hydrogen-bond donors (Lipinski definition) is 2. The van der Waals surface area contributed by atoms with Gasteiger partial charge in [-0.05, 0) is 31.0 Å². The summed E-state index contributed by atoms with van der Waals surface area (Å²) in [5.41, 5.74) is 0.999. The van der Waals surface area contributed by atoms with Crippen molar-refractivity contribution >= 4 is 47.4 Å². The zero-order chi connectivity index (χ0) is 19.8. The first-order valence-corrected chi connectivity index (χ1v) is 9.94. The summed E-state index contributed by atoms with van der Waals surface area (Å²) in [7, 11) is 1.67. The van der Waals surface area contributed by atoms with E-state index in [1.807, 2.05) is 49.9 Å². The largest absolute Gasteiger partial charge is 0.375 e. The van der Waals surface area contributed by atoms with Crippen LogP contribution in [0.25, 0.3) is 0 Å². The number of nitrogens with one attached hydrogen (secondary N) is 2. The molecule has 0 saturated carbocycles. The van der Waals surface area contributed by atoms with Gasteiger partial charge in [0.25, 0.3) is 0 Å². The molecule has 1 heterocycles. The summed E-state index contributed by atoms with van der Waals surface area (Å²) in [6, 6.07) is 7.85. The van der Waals surface area contributed by atoms with Gasteiger partial charge in [0, 0.05) is 43.7 Å². The summed E-state index contributed by atoms with van der Waals surface area (Å²) in [6.07, 6.45) is 0.756. The van der Waals surface area contributed by atoms with Crippen molar-refractivity contribution in [3.05, 3.63) is 34.9 Å². The molecule has 0 bridgehead atoms. The van der Waals surface area contributed by atoms with Crippen LogP contribution in [0.4, 0.5) is 0 Å². The van der Waals surface area contributed by atoms with Crippen molar-refractivity contribution in [2.45, 2.75) is 39.3 Å². The summed E-state index contributed by atoms with van der Waals surface area (Å²) in [5, 5.41) is 7.40. The number of ether oxygens (including phenoxy) is 1. The Morgan fingerprint density at radius 2 is 2.18 bits per heavy atom. The summed E-state index contributed by atoms with van der Waals surface area (Å²) in [6.45, 7) is 8.66. The van der Waals surface area contributed by atoms with Crippen LogP contribution in [-0.4, -0.2) is 56.1 Å². The van der Waals surface area contributed by atoms with Crippen molar-refractivity contribution in [2.75, 3.05) is 33.3 Å². The monoisotopic (exact) mass is 522 g/mol. The van der Waals surface area contributed by atoms with E-state index >= 15 is 0 Å². The smallest absolute Gasteiger partial charge is 0.225 e. The standard InChI is InChI=1S/C20H31ClN4O2.HI/c1-5-22-20(24-17-9-10-25(13-17)19(26)14(2)3)23-12-18(27-4)15-7-6-8-16(21)11-15;/h6-8,11,14,17-18H,5,9-10,12-13H2,1-4H3,(H2,22,23,24);1H. The molecule has 0 aliphatic carbocycles. The highest BCUT2D eigenvalue weighted by Crippen LogP contribution is 2.20. The minimum absolute atomic E-state index is 0. The highest BCUT2D eigenvalue weighted by Gasteiger charge is 2.28. The van der Waals surface area contributed by atoms with Gasteiger partial charge in [-0.2, -0.15) is 0 Å². The van der Waals surface area contributed by atoms with Gasteiger partial charge in [-0.25, -0.2) is 0 Å². The number of likely N-dealkylation sites (tertiary alicyclic amines) is 1. The van der Waals surface area contributed by atoms with Crippen LogP contribution < -0.4 is 10.6 Å². The summed E-state index contributed by atoms with van der Waals surface area (Å²) >= 11 is 6.08. The van der Waals surface area contributed by atoms with E-state index < -0.39 is 0 Å². The lowest BCUT2D eigenvalue weighted by Crippen LogP contribution is -2.45. The van der Waals surface area contributed by atoms with Crippen molar-refractivity contribution in [1.29, 1.82) is 0 Å². The second-order valence-electron chi connectivity index (χ2n) is 7.07. The zero-order valence-electron chi connectivity index (χ0n) is 17.1. The second-order valence-corrected chi connectivity index (χ2v) is 7.50. The number of amides is 1. The fourth-order valence-corrected chi connectivity index (χ4v) is 3.35. The molecule has 6 nitrogen and oxygen atoms in total. The molecule has 0 radical (unpaired) electrons. The third-order valence-corrected chi connectivity index (χ3v) is 4.83. The molecule has 28 heavy (non-hydrogen) atoms. The number of guanidine groups is 1. The van der Waals surface area contributed by atoms with Crippen molar-refractivity contribution in [3.63, 3.8) is 0 Å². The van der Waals surface area contributed by atoms with E-state index in [1.165, 1.54) is 0 Å². The van der Waals surface area contributed by atoms with Crippen LogP contribution >= 0.6 is 35.6 Å². The molecule has 8 heteroatoms. The predicted octanol–water partition coefficient (Wildman–Crippen LogP) is 3.46. The molecule has 1 aliphatic heterocycles.